The lowest BCUT2D eigenvalue weighted by atomic mass is 10.1. The second-order valence-electron chi connectivity index (χ2n) is 4.34. The van der Waals surface area contributed by atoms with Crippen LogP contribution in [0.25, 0.3) is 10.9 Å². The number of rotatable bonds is 5. The third-order valence-electron chi connectivity index (χ3n) is 3.12. The van der Waals surface area contributed by atoms with Crippen molar-refractivity contribution < 1.29 is 23.7 Å². The highest BCUT2D eigenvalue weighted by Crippen LogP contribution is 2.41. The van der Waals surface area contributed by atoms with Gasteiger partial charge in [-0.25, -0.2) is 4.79 Å². The Labute approximate surface area is 126 Å². The Morgan fingerprint density at radius 3 is 2.32 bits per heavy atom. The molecule has 7 heteroatoms. The molecule has 0 unspecified atom stereocenters. The van der Waals surface area contributed by atoms with Gasteiger partial charge in [0.1, 0.15) is 5.69 Å². The van der Waals surface area contributed by atoms with Gasteiger partial charge < -0.3 is 23.9 Å². The number of fused-ring (bicyclic) bond motifs is 1. The van der Waals surface area contributed by atoms with E-state index < -0.39 is 5.97 Å². The van der Waals surface area contributed by atoms with Crippen LogP contribution in [0.3, 0.4) is 0 Å². The Kier molecular flexibility index (Phi) is 4.55. The lowest BCUT2D eigenvalue weighted by Gasteiger charge is -2.14. The zero-order chi connectivity index (χ0) is 16.3. The number of carbonyl (C=O) groups is 1. The molecule has 0 amide bonds. The molecule has 1 N–H and O–H groups in total. The number of pyridine rings is 1. The van der Waals surface area contributed by atoms with Crippen molar-refractivity contribution in [1.29, 1.82) is 0 Å². The summed E-state index contributed by atoms with van der Waals surface area (Å²) in [7, 11) is 4.35. The molecular formula is C15H17NO6. The molecule has 0 fully saturated rings. The first-order valence-corrected chi connectivity index (χ1v) is 6.60. The second-order valence-corrected chi connectivity index (χ2v) is 4.34. The van der Waals surface area contributed by atoms with Gasteiger partial charge in [0.25, 0.3) is 0 Å². The molecule has 0 bridgehead atoms. The summed E-state index contributed by atoms with van der Waals surface area (Å²) in [5.41, 5.74) is 0.0771. The number of hydrogen-bond donors (Lipinski definition) is 1. The van der Waals surface area contributed by atoms with Gasteiger partial charge in [0.2, 0.25) is 5.75 Å². The standard InChI is InChI=1S/C15H17NO6/c1-5-22-15(18)9-6-10(17)12-8(16-9)7-11(19-2)13(20-3)14(12)21-4/h6-7H,5H2,1-4H3,(H,16,17). The molecule has 2 rings (SSSR count). The normalized spacial score (nSPS) is 10.4. The number of H-pyrrole nitrogens is 1. The smallest absolute Gasteiger partial charge is 0.354 e. The van der Waals surface area contributed by atoms with Gasteiger partial charge >= 0.3 is 5.97 Å². The molecule has 0 radical (unpaired) electrons. The van der Waals surface area contributed by atoms with E-state index in [0.717, 1.165) is 0 Å². The van der Waals surface area contributed by atoms with Crippen LogP contribution >= 0.6 is 0 Å². The van der Waals surface area contributed by atoms with Crippen molar-refractivity contribution in [3.8, 4) is 17.2 Å². The number of methoxy groups -OCH3 is 3. The molecule has 1 aromatic heterocycles. The molecule has 0 atom stereocenters. The van der Waals surface area contributed by atoms with E-state index in [9.17, 15) is 9.59 Å². The Morgan fingerprint density at radius 1 is 1.09 bits per heavy atom. The van der Waals surface area contributed by atoms with Crippen molar-refractivity contribution in [2.24, 2.45) is 0 Å². The third-order valence-corrected chi connectivity index (χ3v) is 3.12. The van der Waals surface area contributed by atoms with Gasteiger partial charge in [-0.2, -0.15) is 0 Å². The number of carbonyl (C=O) groups excluding carboxylic acids is 1. The molecule has 0 spiro atoms. The van der Waals surface area contributed by atoms with Crippen LogP contribution in [0, 0.1) is 0 Å². The number of benzene rings is 1. The Morgan fingerprint density at radius 2 is 1.77 bits per heavy atom. The number of aromatic amines is 1. The summed E-state index contributed by atoms with van der Waals surface area (Å²) in [6.45, 7) is 1.90. The number of ether oxygens (including phenoxy) is 4. The van der Waals surface area contributed by atoms with Crippen molar-refractivity contribution in [2.75, 3.05) is 27.9 Å². The van der Waals surface area contributed by atoms with Crippen LogP contribution in [0.5, 0.6) is 17.2 Å². The monoisotopic (exact) mass is 307 g/mol. The maximum atomic E-state index is 12.4. The number of esters is 1. The summed E-state index contributed by atoms with van der Waals surface area (Å²) in [4.78, 5) is 27.0. The van der Waals surface area contributed by atoms with E-state index in [-0.39, 0.29) is 28.9 Å². The molecule has 0 aliphatic heterocycles. The van der Waals surface area contributed by atoms with Crippen LogP contribution in [0.4, 0.5) is 0 Å². The number of nitrogens with one attached hydrogen (secondary N) is 1. The van der Waals surface area contributed by atoms with E-state index in [4.69, 9.17) is 18.9 Å². The highest BCUT2D eigenvalue weighted by atomic mass is 16.5. The molecule has 0 aliphatic rings. The van der Waals surface area contributed by atoms with Crippen molar-refractivity contribution in [1.82, 2.24) is 4.98 Å². The molecule has 1 heterocycles. The molecule has 0 saturated carbocycles. The second kappa shape index (κ2) is 6.38. The Balaban J connectivity index is 2.79. The minimum Gasteiger partial charge on any atom is -0.493 e. The fourth-order valence-electron chi connectivity index (χ4n) is 2.20. The van der Waals surface area contributed by atoms with Gasteiger partial charge in [0.15, 0.2) is 16.9 Å². The lowest BCUT2D eigenvalue weighted by Crippen LogP contribution is -2.13. The SMILES string of the molecule is CCOC(=O)c1cc(=O)c2c(OC)c(OC)c(OC)cc2[nH]1. The van der Waals surface area contributed by atoms with Gasteiger partial charge in [-0.15, -0.1) is 0 Å². The molecule has 7 nitrogen and oxygen atoms in total. The maximum Gasteiger partial charge on any atom is 0.354 e. The minimum atomic E-state index is -0.602. The first kappa shape index (κ1) is 15.7. The van der Waals surface area contributed by atoms with Crippen LogP contribution in [0.2, 0.25) is 0 Å². The summed E-state index contributed by atoms with van der Waals surface area (Å²) in [5.74, 6) is 0.333. The van der Waals surface area contributed by atoms with Crippen LogP contribution in [0.1, 0.15) is 17.4 Å². The third kappa shape index (κ3) is 2.57. The molecular weight excluding hydrogens is 290 g/mol. The highest BCUT2D eigenvalue weighted by molar-refractivity contribution is 5.95. The van der Waals surface area contributed by atoms with Crippen molar-refractivity contribution in [2.45, 2.75) is 6.92 Å². The fourth-order valence-corrected chi connectivity index (χ4v) is 2.20. The summed E-state index contributed by atoms with van der Waals surface area (Å²) in [6.07, 6.45) is 0. The minimum absolute atomic E-state index is 0.0635. The zero-order valence-corrected chi connectivity index (χ0v) is 12.8. The van der Waals surface area contributed by atoms with Gasteiger partial charge in [0, 0.05) is 12.1 Å². The van der Waals surface area contributed by atoms with E-state index >= 15 is 0 Å². The average Bonchev–Trinajstić information content (AvgIpc) is 2.52. The Hall–Kier alpha value is -2.70. The first-order chi connectivity index (χ1) is 10.6. The van der Waals surface area contributed by atoms with E-state index in [1.807, 2.05) is 0 Å². The van der Waals surface area contributed by atoms with Crippen LogP contribution < -0.4 is 19.6 Å². The summed E-state index contributed by atoms with van der Waals surface area (Å²) >= 11 is 0. The van der Waals surface area contributed by atoms with Gasteiger partial charge in [-0.3, -0.25) is 4.79 Å². The fraction of sp³-hybridized carbons (Fsp3) is 0.333. The predicted octanol–water partition coefficient (Wildman–Crippen LogP) is 1.73. The van der Waals surface area contributed by atoms with E-state index in [1.165, 1.54) is 27.4 Å². The molecule has 22 heavy (non-hydrogen) atoms. The topological polar surface area (TPSA) is 86.9 Å². The number of hydrogen-bond acceptors (Lipinski definition) is 6. The van der Waals surface area contributed by atoms with Crippen molar-refractivity contribution in [3.05, 3.63) is 28.0 Å². The van der Waals surface area contributed by atoms with Crippen molar-refractivity contribution in [3.63, 3.8) is 0 Å². The van der Waals surface area contributed by atoms with Gasteiger partial charge in [0.05, 0.1) is 38.8 Å². The van der Waals surface area contributed by atoms with Gasteiger partial charge in [-0.05, 0) is 6.92 Å². The molecule has 118 valence electrons. The van der Waals surface area contributed by atoms with Crippen LogP contribution in [0.15, 0.2) is 16.9 Å². The van der Waals surface area contributed by atoms with Crippen LogP contribution in [-0.2, 0) is 4.74 Å². The predicted molar refractivity (Wildman–Crippen MR) is 80.2 cm³/mol. The first-order valence-electron chi connectivity index (χ1n) is 6.60. The van der Waals surface area contributed by atoms with E-state index in [0.29, 0.717) is 17.0 Å². The molecule has 1 aromatic carbocycles. The maximum absolute atomic E-state index is 12.4. The average molecular weight is 307 g/mol. The number of aromatic nitrogens is 1. The van der Waals surface area contributed by atoms with E-state index in [1.54, 1.807) is 13.0 Å². The highest BCUT2D eigenvalue weighted by Gasteiger charge is 2.20. The Bertz CT molecular complexity index is 765. The van der Waals surface area contributed by atoms with Crippen molar-refractivity contribution >= 4 is 16.9 Å². The summed E-state index contributed by atoms with van der Waals surface area (Å²) < 4.78 is 20.6. The molecule has 0 aliphatic carbocycles. The summed E-state index contributed by atoms with van der Waals surface area (Å²) in [5, 5.41) is 0.271. The van der Waals surface area contributed by atoms with Crippen LogP contribution in [-0.4, -0.2) is 38.9 Å². The quantitative estimate of drug-likeness (QED) is 0.847. The zero-order valence-electron chi connectivity index (χ0n) is 12.8. The van der Waals surface area contributed by atoms with E-state index in [2.05, 4.69) is 4.98 Å². The summed E-state index contributed by atoms with van der Waals surface area (Å²) in [6, 6.07) is 2.75. The lowest BCUT2D eigenvalue weighted by molar-refractivity contribution is 0.0520. The van der Waals surface area contributed by atoms with Gasteiger partial charge in [-0.1, -0.05) is 0 Å². The molecule has 2 aromatic rings. The molecule has 0 saturated heterocycles. The largest absolute Gasteiger partial charge is 0.493 e.